The van der Waals surface area contributed by atoms with E-state index >= 15 is 0 Å². The van der Waals surface area contributed by atoms with Crippen LogP contribution in [0.25, 0.3) is 10.9 Å². The van der Waals surface area contributed by atoms with Crippen LogP contribution in [0.4, 0.5) is 0 Å². The number of phenolic OH excluding ortho intramolecular Hbond substituents is 1. The van der Waals surface area contributed by atoms with Crippen molar-refractivity contribution in [2.45, 2.75) is 19.5 Å². The van der Waals surface area contributed by atoms with Crippen LogP contribution >= 0.6 is 0 Å². The van der Waals surface area contributed by atoms with E-state index in [0.29, 0.717) is 17.7 Å². The van der Waals surface area contributed by atoms with Gasteiger partial charge in [-0.15, -0.1) is 0 Å². The molecule has 1 aliphatic heterocycles. The van der Waals surface area contributed by atoms with Crippen LogP contribution in [0.2, 0.25) is 0 Å². The van der Waals surface area contributed by atoms with E-state index in [1.807, 2.05) is 36.4 Å². The smallest absolute Gasteiger partial charge is 0.261 e. The van der Waals surface area contributed by atoms with Crippen molar-refractivity contribution in [2.24, 2.45) is 0 Å². The molecule has 1 N–H and O–H groups in total. The molecule has 6 nitrogen and oxygen atoms in total. The molecule has 0 amide bonds. The highest BCUT2D eigenvalue weighted by Crippen LogP contribution is 2.27. The van der Waals surface area contributed by atoms with Gasteiger partial charge < -0.3 is 9.84 Å². The molecule has 2 aromatic carbocycles. The Morgan fingerprint density at radius 1 is 1.15 bits per heavy atom. The summed E-state index contributed by atoms with van der Waals surface area (Å²) < 4.78 is 6.99. The van der Waals surface area contributed by atoms with E-state index in [0.717, 1.165) is 43.0 Å². The number of ether oxygens (including phenoxy) is 1. The number of hydrogen-bond acceptors (Lipinski definition) is 5. The molecule has 0 radical (unpaired) electrons. The molecule has 2 heterocycles. The minimum absolute atomic E-state index is 0.0405. The van der Waals surface area contributed by atoms with E-state index in [1.165, 1.54) is 0 Å². The maximum atomic E-state index is 12.8. The predicted octanol–water partition coefficient (Wildman–Crippen LogP) is 2.17. The van der Waals surface area contributed by atoms with Gasteiger partial charge in [0.15, 0.2) is 11.5 Å². The number of rotatable bonds is 3. The summed E-state index contributed by atoms with van der Waals surface area (Å²) in [7, 11) is 1.55. The van der Waals surface area contributed by atoms with Crippen molar-refractivity contribution < 1.29 is 9.84 Å². The molecule has 0 fully saturated rings. The molecule has 3 aromatic rings. The molecule has 0 spiro atoms. The fraction of sp³-hybridized carbons (Fsp3) is 0.300. The maximum absolute atomic E-state index is 12.8. The Bertz CT molecular complexity index is 1010. The van der Waals surface area contributed by atoms with E-state index in [9.17, 15) is 9.90 Å². The van der Waals surface area contributed by atoms with Crippen molar-refractivity contribution in [3.05, 3.63) is 64.2 Å². The number of aromatic hydroxyl groups is 1. The number of benzene rings is 2. The van der Waals surface area contributed by atoms with E-state index in [4.69, 9.17) is 9.72 Å². The van der Waals surface area contributed by atoms with Crippen molar-refractivity contribution in [3.8, 4) is 11.5 Å². The highest BCUT2D eigenvalue weighted by atomic mass is 16.5. The van der Waals surface area contributed by atoms with Crippen molar-refractivity contribution >= 4 is 10.9 Å². The first-order valence-electron chi connectivity index (χ1n) is 8.72. The summed E-state index contributed by atoms with van der Waals surface area (Å²) in [4.78, 5) is 19.8. The third-order valence-electron chi connectivity index (χ3n) is 4.88. The molecule has 0 saturated heterocycles. The number of fused-ring (bicyclic) bond motifs is 2. The Hall–Kier alpha value is -2.86. The van der Waals surface area contributed by atoms with Crippen LogP contribution in [-0.4, -0.2) is 39.8 Å². The SMILES string of the molecule is COc1cc(CN2CCc3nc4ccccc4c(=O)n3CC2)ccc1O. The van der Waals surface area contributed by atoms with Gasteiger partial charge in [0.1, 0.15) is 5.82 Å². The van der Waals surface area contributed by atoms with E-state index in [-0.39, 0.29) is 11.3 Å². The summed E-state index contributed by atoms with van der Waals surface area (Å²) in [6.07, 6.45) is 0.731. The Morgan fingerprint density at radius 2 is 2.00 bits per heavy atom. The molecular formula is C20H21N3O3. The van der Waals surface area contributed by atoms with Crippen molar-refractivity contribution in [1.82, 2.24) is 14.5 Å². The summed E-state index contributed by atoms with van der Waals surface area (Å²) in [5.41, 5.74) is 1.87. The van der Waals surface area contributed by atoms with Crippen LogP contribution in [0.1, 0.15) is 11.4 Å². The van der Waals surface area contributed by atoms with Gasteiger partial charge in [-0.1, -0.05) is 18.2 Å². The van der Waals surface area contributed by atoms with Gasteiger partial charge in [0.05, 0.1) is 18.0 Å². The minimum atomic E-state index is 0.0405. The second-order valence-corrected chi connectivity index (χ2v) is 6.53. The zero-order chi connectivity index (χ0) is 18.1. The van der Waals surface area contributed by atoms with Gasteiger partial charge in [-0.25, -0.2) is 4.98 Å². The van der Waals surface area contributed by atoms with Crippen LogP contribution in [0, 0.1) is 0 Å². The van der Waals surface area contributed by atoms with E-state index in [1.54, 1.807) is 17.7 Å². The minimum Gasteiger partial charge on any atom is -0.504 e. The standard InChI is InChI=1S/C20H21N3O3/c1-26-18-12-14(6-7-17(18)24)13-22-9-8-19-21-16-5-3-2-4-15(16)20(25)23(19)11-10-22/h2-7,12,24H,8-11,13H2,1H3. The van der Waals surface area contributed by atoms with Gasteiger partial charge in [0.25, 0.3) is 5.56 Å². The van der Waals surface area contributed by atoms with Gasteiger partial charge >= 0.3 is 0 Å². The number of phenols is 1. The summed E-state index contributed by atoms with van der Waals surface area (Å²) >= 11 is 0. The van der Waals surface area contributed by atoms with Gasteiger partial charge in [-0.3, -0.25) is 14.3 Å². The zero-order valence-electron chi connectivity index (χ0n) is 14.7. The number of para-hydroxylation sites is 1. The first-order chi connectivity index (χ1) is 12.7. The molecule has 0 atom stereocenters. The van der Waals surface area contributed by atoms with E-state index in [2.05, 4.69) is 4.90 Å². The lowest BCUT2D eigenvalue weighted by Crippen LogP contribution is -2.28. The Morgan fingerprint density at radius 3 is 2.85 bits per heavy atom. The summed E-state index contributed by atoms with van der Waals surface area (Å²) in [6.45, 7) is 2.96. The molecular weight excluding hydrogens is 330 g/mol. The zero-order valence-corrected chi connectivity index (χ0v) is 14.7. The first-order valence-corrected chi connectivity index (χ1v) is 8.72. The summed E-state index contributed by atoms with van der Waals surface area (Å²) in [5, 5.41) is 10.4. The molecule has 134 valence electrons. The lowest BCUT2D eigenvalue weighted by Gasteiger charge is -2.19. The Balaban J connectivity index is 1.58. The topological polar surface area (TPSA) is 67.6 Å². The highest BCUT2D eigenvalue weighted by molar-refractivity contribution is 5.77. The normalized spacial score (nSPS) is 14.8. The van der Waals surface area contributed by atoms with E-state index < -0.39 is 0 Å². The Kier molecular flexibility index (Phi) is 4.34. The maximum Gasteiger partial charge on any atom is 0.261 e. The number of aromatic nitrogens is 2. The average Bonchev–Trinajstić information content (AvgIpc) is 2.86. The predicted molar refractivity (Wildman–Crippen MR) is 99.6 cm³/mol. The van der Waals surface area contributed by atoms with Gasteiger partial charge in [0.2, 0.25) is 0 Å². The molecule has 1 aliphatic rings. The third kappa shape index (κ3) is 3.04. The van der Waals surface area contributed by atoms with Crippen molar-refractivity contribution in [1.29, 1.82) is 0 Å². The third-order valence-corrected chi connectivity index (χ3v) is 4.88. The molecule has 0 saturated carbocycles. The second kappa shape index (κ2) is 6.80. The molecule has 4 rings (SSSR count). The number of methoxy groups -OCH3 is 1. The van der Waals surface area contributed by atoms with Crippen molar-refractivity contribution in [2.75, 3.05) is 20.2 Å². The fourth-order valence-electron chi connectivity index (χ4n) is 3.48. The lowest BCUT2D eigenvalue weighted by atomic mass is 10.2. The first kappa shape index (κ1) is 16.6. The quantitative estimate of drug-likeness (QED) is 0.783. The summed E-state index contributed by atoms with van der Waals surface area (Å²) in [6, 6.07) is 12.9. The molecule has 0 unspecified atom stereocenters. The van der Waals surface area contributed by atoms with Crippen LogP contribution in [-0.2, 0) is 19.5 Å². The molecule has 26 heavy (non-hydrogen) atoms. The number of hydrogen-bond donors (Lipinski definition) is 1. The number of nitrogens with zero attached hydrogens (tertiary/aromatic N) is 3. The van der Waals surface area contributed by atoms with Gasteiger partial charge in [0, 0.05) is 32.6 Å². The largest absolute Gasteiger partial charge is 0.504 e. The van der Waals surface area contributed by atoms with Gasteiger partial charge in [-0.05, 0) is 29.8 Å². The molecule has 0 bridgehead atoms. The van der Waals surface area contributed by atoms with Crippen LogP contribution in [0.3, 0.4) is 0 Å². The van der Waals surface area contributed by atoms with Crippen LogP contribution in [0.5, 0.6) is 11.5 Å². The fourth-order valence-corrected chi connectivity index (χ4v) is 3.48. The van der Waals surface area contributed by atoms with Crippen LogP contribution < -0.4 is 10.3 Å². The second-order valence-electron chi connectivity index (χ2n) is 6.53. The lowest BCUT2D eigenvalue weighted by molar-refractivity contribution is 0.270. The average molecular weight is 351 g/mol. The van der Waals surface area contributed by atoms with Gasteiger partial charge in [-0.2, -0.15) is 0 Å². The monoisotopic (exact) mass is 351 g/mol. The molecule has 6 heteroatoms. The molecule has 0 aliphatic carbocycles. The molecule has 1 aromatic heterocycles. The van der Waals surface area contributed by atoms with Crippen LogP contribution in [0.15, 0.2) is 47.3 Å². The summed E-state index contributed by atoms with van der Waals surface area (Å²) in [5.74, 6) is 1.46. The van der Waals surface area contributed by atoms with Crippen molar-refractivity contribution in [3.63, 3.8) is 0 Å². The highest BCUT2D eigenvalue weighted by Gasteiger charge is 2.18. The Labute approximate surface area is 151 Å².